The molecule has 1 aromatic rings. The van der Waals surface area contributed by atoms with Gasteiger partial charge >= 0.3 is 0 Å². The molecule has 2 N–H and O–H groups in total. The van der Waals surface area contributed by atoms with Gasteiger partial charge in [-0.05, 0) is 44.5 Å². The molecule has 2 amide bonds. The van der Waals surface area contributed by atoms with Crippen molar-refractivity contribution in [2.75, 3.05) is 43.2 Å². The average molecular weight is 423 g/mol. The van der Waals surface area contributed by atoms with Gasteiger partial charge in [0.25, 0.3) is 0 Å². The fourth-order valence-electron chi connectivity index (χ4n) is 3.96. The Morgan fingerprint density at radius 2 is 1.86 bits per heavy atom. The number of amides is 2. The average Bonchev–Trinajstić information content (AvgIpc) is 3.27. The van der Waals surface area contributed by atoms with Crippen LogP contribution in [0.2, 0.25) is 0 Å². The van der Waals surface area contributed by atoms with Crippen LogP contribution in [-0.4, -0.2) is 69.1 Å². The Bertz CT molecular complexity index is 895. The highest BCUT2D eigenvalue weighted by Crippen LogP contribution is 2.34. The second-order valence-electron chi connectivity index (χ2n) is 7.78. The molecule has 0 saturated carbocycles. The first kappa shape index (κ1) is 20.0. The van der Waals surface area contributed by atoms with Crippen LogP contribution in [0.15, 0.2) is 18.2 Å². The van der Waals surface area contributed by atoms with E-state index in [9.17, 15) is 18.0 Å². The number of likely N-dealkylation sites (tertiary alicyclic amines) is 1. The molecular formula is C19H25N3O6S. The van der Waals surface area contributed by atoms with Crippen molar-refractivity contribution in [1.29, 1.82) is 0 Å². The smallest absolute Gasteiger partial charge is 0.234 e. The Labute approximate surface area is 169 Å². The zero-order valence-electron chi connectivity index (χ0n) is 16.1. The zero-order valence-corrected chi connectivity index (χ0v) is 16.9. The summed E-state index contributed by atoms with van der Waals surface area (Å²) in [5, 5.41) is 5.73. The summed E-state index contributed by atoms with van der Waals surface area (Å²) in [7, 11) is -3.01. The lowest BCUT2D eigenvalue weighted by molar-refractivity contribution is -0.123. The van der Waals surface area contributed by atoms with Gasteiger partial charge in [-0.3, -0.25) is 14.5 Å². The number of piperidine rings is 1. The monoisotopic (exact) mass is 423 g/mol. The molecule has 158 valence electrons. The molecule has 10 heteroatoms. The number of sulfone groups is 1. The van der Waals surface area contributed by atoms with Gasteiger partial charge in [-0.2, -0.15) is 0 Å². The van der Waals surface area contributed by atoms with Crippen molar-refractivity contribution in [3.05, 3.63) is 18.2 Å². The maximum atomic E-state index is 12.5. The third-order valence-electron chi connectivity index (χ3n) is 5.56. The summed E-state index contributed by atoms with van der Waals surface area (Å²) in [6.45, 7) is 1.72. The van der Waals surface area contributed by atoms with Crippen LogP contribution in [0.5, 0.6) is 11.5 Å². The largest absolute Gasteiger partial charge is 0.454 e. The third-order valence-corrected chi connectivity index (χ3v) is 7.33. The van der Waals surface area contributed by atoms with Crippen LogP contribution in [0, 0.1) is 5.92 Å². The zero-order chi connectivity index (χ0) is 20.4. The summed E-state index contributed by atoms with van der Waals surface area (Å²) in [4.78, 5) is 26.7. The molecule has 3 aliphatic heterocycles. The molecule has 0 spiro atoms. The number of rotatable bonds is 5. The Balaban J connectivity index is 1.21. The number of ether oxygens (including phenoxy) is 2. The topological polar surface area (TPSA) is 114 Å². The lowest BCUT2D eigenvalue weighted by Crippen LogP contribution is -2.46. The van der Waals surface area contributed by atoms with Gasteiger partial charge in [-0.15, -0.1) is 0 Å². The van der Waals surface area contributed by atoms with Crippen LogP contribution in [0.25, 0.3) is 0 Å². The molecular weight excluding hydrogens is 398 g/mol. The predicted octanol–water partition coefficient (Wildman–Crippen LogP) is 0.369. The Morgan fingerprint density at radius 3 is 2.59 bits per heavy atom. The molecule has 0 bridgehead atoms. The summed E-state index contributed by atoms with van der Waals surface area (Å²) in [5.74, 6) is 1.16. The van der Waals surface area contributed by atoms with Crippen molar-refractivity contribution in [3.63, 3.8) is 0 Å². The Hall–Kier alpha value is -2.33. The molecule has 1 atom stereocenters. The fraction of sp³-hybridized carbons (Fsp3) is 0.579. The first-order chi connectivity index (χ1) is 13.9. The van der Waals surface area contributed by atoms with E-state index in [2.05, 4.69) is 10.6 Å². The maximum Gasteiger partial charge on any atom is 0.234 e. The van der Waals surface area contributed by atoms with E-state index in [1.54, 1.807) is 18.2 Å². The Morgan fingerprint density at radius 1 is 1.10 bits per heavy atom. The van der Waals surface area contributed by atoms with Gasteiger partial charge in [0, 0.05) is 23.7 Å². The van der Waals surface area contributed by atoms with Crippen LogP contribution in [0.3, 0.4) is 0 Å². The molecule has 2 saturated heterocycles. The molecule has 0 radical (unpaired) electrons. The standard InChI is InChI=1S/C19H25N3O6S/c23-18(20-15-5-8-29(25,26)11-15)10-22-6-3-13(4-7-22)19(24)21-14-1-2-16-17(9-14)28-12-27-16/h1-2,9,13,15H,3-8,10-12H2,(H,20,23)(H,21,24). The van der Waals surface area contributed by atoms with Crippen molar-refractivity contribution in [2.24, 2.45) is 5.92 Å². The number of fused-ring (bicyclic) bond motifs is 1. The lowest BCUT2D eigenvalue weighted by atomic mass is 9.95. The molecule has 29 heavy (non-hydrogen) atoms. The van der Waals surface area contributed by atoms with Crippen LogP contribution >= 0.6 is 0 Å². The van der Waals surface area contributed by atoms with Crippen molar-refractivity contribution < 1.29 is 27.5 Å². The highest BCUT2D eigenvalue weighted by atomic mass is 32.2. The summed E-state index contributed by atoms with van der Waals surface area (Å²) in [6, 6.07) is 5.03. The first-order valence-corrected chi connectivity index (χ1v) is 11.6. The highest BCUT2D eigenvalue weighted by Gasteiger charge is 2.30. The van der Waals surface area contributed by atoms with Gasteiger partial charge < -0.3 is 20.1 Å². The number of carbonyl (C=O) groups is 2. The van der Waals surface area contributed by atoms with Crippen molar-refractivity contribution in [2.45, 2.75) is 25.3 Å². The summed E-state index contributed by atoms with van der Waals surface area (Å²) in [6.07, 6.45) is 1.82. The molecule has 1 unspecified atom stereocenters. The molecule has 3 aliphatic rings. The SMILES string of the molecule is O=C(CN1CCC(C(=O)Nc2ccc3c(c2)OCO3)CC1)NC1CCS(=O)(=O)C1. The van der Waals surface area contributed by atoms with E-state index < -0.39 is 9.84 Å². The number of carbonyl (C=O) groups excluding carboxylic acids is 2. The van der Waals surface area contributed by atoms with Crippen molar-refractivity contribution >= 4 is 27.3 Å². The van der Waals surface area contributed by atoms with E-state index in [0.717, 1.165) is 0 Å². The number of nitrogens with one attached hydrogen (secondary N) is 2. The van der Waals surface area contributed by atoms with Crippen LogP contribution in [0.4, 0.5) is 5.69 Å². The first-order valence-electron chi connectivity index (χ1n) is 9.81. The number of nitrogens with zero attached hydrogens (tertiary/aromatic N) is 1. The number of anilines is 1. The van der Waals surface area contributed by atoms with E-state index in [4.69, 9.17) is 9.47 Å². The van der Waals surface area contributed by atoms with E-state index in [1.165, 1.54) is 0 Å². The lowest BCUT2D eigenvalue weighted by Gasteiger charge is -2.31. The molecule has 3 heterocycles. The van der Waals surface area contributed by atoms with Gasteiger partial charge in [0.2, 0.25) is 18.6 Å². The summed E-state index contributed by atoms with van der Waals surface area (Å²) < 4.78 is 33.6. The van der Waals surface area contributed by atoms with E-state index >= 15 is 0 Å². The number of benzene rings is 1. The minimum absolute atomic E-state index is 0.0286. The predicted molar refractivity (Wildman–Crippen MR) is 106 cm³/mol. The Kier molecular flexibility index (Phi) is 5.64. The van der Waals surface area contributed by atoms with E-state index in [-0.39, 0.29) is 48.6 Å². The number of hydrogen-bond donors (Lipinski definition) is 2. The van der Waals surface area contributed by atoms with Crippen molar-refractivity contribution in [1.82, 2.24) is 10.2 Å². The minimum atomic E-state index is -3.01. The van der Waals surface area contributed by atoms with Crippen molar-refractivity contribution in [3.8, 4) is 11.5 Å². The molecule has 9 nitrogen and oxygen atoms in total. The van der Waals surface area contributed by atoms with Gasteiger partial charge in [-0.25, -0.2) is 8.42 Å². The van der Waals surface area contributed by atoms with Crippen LogP contribution in [0.1, 0.15) is 19.3 Å². The highest BCUT2D eigenvalue weighted by molar-refractivity contribution is 7.91. The molecule has 0 aromatic heterocycles. The molecule has 1 aromatic carbocycles. The van der Waals surface area contributed by atoms with Gasteiger partial charge in [0.15, 0.2) is 21.3 Å². The minimum Gasteiger partial charge on any atom is -0.454 e. The molecule has 4 rings (SSSR count). The summed E-state index contributed by atoms with van der Waals surface area (Å²) >= 11 is 0. The third kappa shape index (κ3) is 4.99. The summed E-state index contributed by atoms with van der Waals surface area (Å²) in [5.41, 5.74) is 0.674. The second-order valence-corrected chi connectivity index (χ2v) is 10.0. The normalized spacial score (nSPS) is 23.7. The molecule has 2 fully saturated rings. The quantitative estimate of drug-likeness (QED) is 0.703. The van der Waals surface area contributed by atoms with Crippen LogP contribution in [-0.2, 0) is 19.4 Å². The van der Waals surface area contributed by atoms with E-state index in [0.29, 0.717) is 49.5 Å². The van der Waals surface area contributed by atoms with E-state index in [1.807, 2.05) is 4.90 Å². The van der Waals surface area contributed by atoms with Gasteiger partial charge in [0.05, 0.1) is 18.1 Å². The molecule has 0 aliphatic carbocycles. The van der Waals surface area contributed by atoms with Crippen LogP contribution < -0.4 is 20.1 Å². The maximum absolute atomic E-state index is 12.5. The van der Waals surface area contributed by atoms with Gasteiger partial charge in [0.1, 0.15) is 0 Å². The second kappa shape index (κ2) is 8.19. The van der Waals surface area contributed by atoms with Gasteiger partial charge in [-0.1, -0.05) is 0 Å². The fourth-order valence-corrected chi connectivity index (χ4v) is 5.63. The number of hydrogen-bond acceptors (Lipinski definition) is 7.